The molecule has 0 saturated carbocycles. The molecule has 36 heavy (non-hydrogen) atoms. The number of hydrogen-bond acceptors (Lipinski definition) is 0. The molecule has 0 saturated heterocycles. The molecule has 0 aromatic heterocycles. The SMILES string of the molecule is c1cc2ccc3cc4cc5ccc6ccc7ccc8ccc9c%10cc(c1)c2c3c%10c4c1c5c6c7c8c91. The maximum atomic E-state index is 2.47. The minimum absolute atomic E-state index is 1.33. The molecule has 0 amide bonds. The summed E-state index contributed by atoms with van der Waals surface area (Å²) in [7, 11) is 0. The lowest BCUT2D eigenvalue weighted by Gasteiger charge is -2.25. The predicted molar refractivity (Wildman–Crippen MR) is 157 cm³/mol. The molecule has 0 N–H and O–H groups in total. The van der Waals surface area contributed by atoms with Crippen LogP contribution in [0, 0.1) is 0 Å². The van der Waals surface area contributed by atoms with Gasteiger partial charge >= 0.3 is 0 Å². The van der Waals surface area contributed by atoms with Crippen molar-refractivity contribution >= 4 is 108 Å². The first-order valence-electron chi connectivity index (χ1n) is 12.8. The Labute approximate surface area is 204 Å². The van der Waals surface area contributed by atoms with Crippen LogP contribution in [-0.4, -0.2) is 0 Å². The molecule has 0 heteroatoms. The van der Waals surface area contributed by atoms with E-state index in [0.29, 0.717) is 0 Å². The molecule has 160 valence electrons. The number of fused-ring (bicyclic) bond motifs is 1. The third kappa shape index (κ3) is 1.57. The normalized spacial score (nSPS) is 13.6. The maximum Gasteiger partial charge on any atom is -0.000114 e. The summed E-state index contributed by atoms with van der Waals surface area (Å²) in [4.78, 5) is 0. The monoisotopic (exact) mass is 448 g/mol. The molecule has 0 aliphatic carbocycles. The Balaban J connectivity index is 1.66. The van der Waals surface area contributed by atoms with Gasteiger partial charge in [0.15, 0.2) is 0 Å². The molecule has 0 heterocycles. The van der Waals surface area contributed by atoms with Gasteiger partial charge in [-0.2, -0.15) is 0 Å². The highest BCUT2D eigenvalue weighted by molar-refractivity contribution is 6.52. The first-order chi connectivity index (χ1) is 17.8. The van der Waals surface area contributed by atoms with Crippen molar-refractivity contribution in [3.05, 3.63) is 97.1 Å². The zero-order valence-corrected chi connectivity index (χ0v) is 19.2. The number of hydrogen-bond donors (Lipinski definition) is 0. The zero-order valence-electron chi connectivity index (χ0n) is 19.2. The second-order valence-electron chi connectivity index (χ2n) is 10.8. The molecule has 0 atom stereocenters. The van der Waals surface area contributed by atoms with Crippen LogP contribution in [0.2, 0.25) is 0 Å². The highest BCUT2D eigenvalue weighted by Crippen LogP contribution is 2.54. The Morgan fingerprint density at radius 2 is 0.639 bits per heavy atom. The lowest BCUT2D eigenvalue weighted by atomic mass is 9.78. The summed E-state index contributed by atoms with van der Waals surface area (Å²) >= 11 is 0. The fourth-order valence-corrected chi connectivity index (χ4v) is 8.02. The smallest absolute Gasteiger partial charge is 0.000114 e. The third-order valence-electron chi connectivity index (χ3n) is 9.31. The van der Waals surface area contributed by atoms with Crippen LogP contribution in [0.3, 0.4) is 0 Å². The van der Waals surface area contributed by atoms with E-state index in [4.69, 9.17) is 0 Å². The first kappa shape index (κ1) is 16.9. The van der Waals surface area contributed by atoms with Crippen LogP contribution in [0.1, 0.15) is 0 Å². The molecule has 11 aromatic carbocycles. The lowest BCUT2D eigenvalue weighted by molar-refractivity contribution is 1.81. The summed E-state index contributed by atoms with van der Waals surface area (Å²) in [6, 6.07) is 37.4. The van der Waals surface area contributed by atoms with Crippen molar-refractivity contribution in [2.45, 2.75) is 0 Å². The van der Waals surface area contributed by atoms with Crippen molar-refractivity contribution < 1.29 is 0 Å². The summed E-state index contributed by atoms with van der Waals surface area (Å²) in [6.07, 6.45) is 0. The molecule has 0 nitrogen and oxygen atoms in total. The standard InChI is InChI=1S/C36H16/c1-2-17-8-10-22-14-24-15-23-11-9-19-5-4-18-6-7-20-12-13-25-26-16-21(3-1)27(17)31(22)35(26)33(24)36-32(23)29(19)28(18)30(20)34(25)36/h1-16H. The average Bonchev–Trinajstić information content (AvgIpc) is 2.93. The van der Waals surface area contributed by atoms with E-state index in [-0.39, 0.29) is 0 Å². The molecular weight excluding hydrogens is 432 g/mol. The van der Waals surface area contributed by atoms with E-state index in [1.54, 1.807) is 0 Å². The van der Waals surface area contributed by atoms with Crippen LogP contribution in [0.15, 0.2) is 97.1 Å². The Hall–Kier alpha value is -4.68. The van der Waals surface area contributed by atoms with E-state index in [0.717, 1.165) is 0 Å². The van der Waals surface area contributed by atoms with E-state index >= 15 is 0 Å². The summed E-state index contributed by atoms with van der Waals surface area (Å²) in [5.41, 5.74) is 0. The molecule has 0 aliphatic heterocycles. The first-order valence-corrected chi connectivity index (χ1v) is 12.8. The van der Waals surface area contributed by atoms with Crippen LogP contribution in [-0.2, 0) is 0 Å². The summed E-state index contributed by atoms with van der Waals surface area (Å²) in [5, 5.41) is 27.9. The van der Waals surface area contributed by atoms with Crippen molar-refractivity contribution in [2.24, 2.45) is 0 Å². The Morgan fingerprint density at radius 1 is 0.222 bits per heavy atom. The maximum absolute atomic E-state index is 2.47. The molecule has 0 radical (unpaired) electrons. The second-order valence-corrected chi connectivity index (χ2v) is 10.8. The van der Waals surface area contributed by atoms with Gasteiger partial charge in [0.05, 0.1) is 0 Å². The summed E-state index contributed by atoms with van der Waals surface area (Å²) < 4.78 is 0. The van der Waals surface area contributed by atoms with Crippen molar-refractivity contribution in [1.29, 1.82) is 0 Å². The summed E-state index contributed by atoms with van der Waals surface area (Å²) in [6.45, 7) is 0. The van der Waals surface area contributed by atoms with Gasteiger partial charge in [-0.05, 0) is 126 Å². The van der Waals surface area contributed by atoms with Crippen LogP contribution < -0.4 is 0 Å². The van der Waals surface area contributed by atoms with E-state index in [9.17, 15) is 0 Å². The molecule has 0 aliphatic rings. The van der Waals surface area contributed by atoms with Crippen molar-refractivity contribution in [3.8, 4) is 0 Å². The third-order valence-corrected chi connectivity index (χ3v) is 9.31. The lowest BCUT2D eigenvalue weighted by Crippen LogP contribution is -1.96. The molecule has 0 spiro atoms. The highest BCUT2D eigenvalue weighted by Gasteiger charge is 2.25. The molecule has 0 unspecified atom stereocenters. The van der Waals surface area contributed by atoms with Crippen LogP contribution in [0.25, 0.3) is 108 Å². The van der Waals surface area contributed by atoms with Gasteiger partial charge in [-0.25, -0.2) is 0 Å². The quantitative estimate of drug-likeness (QED) is 0.160. The fourth-order valence-electron chi connectivity index (χ4n) is 8.02. The minimum atomic E-state index is 1.33. The van der Waals surface area contributed by atoms with Crippen LogP contribution in [0.5, 0.6) is 0 Å². The Morgan fingerprint density at radius 3 is 1.33 bits per heavy atom. The van der Waals surface area contributed by atoms with Gasteiger partial charge in [0.25, 0.3) is 0 Å². The zero-order chi connectivity index (χ0) is 22.9. The summed E-state index contributed by atoms with van der Waals surface area (Å²) in [5.74, 6) is 0. The van der Waals surface area contributed by atoms with Gasteiger partial charge in [-0.3, -0.25) is 0 Å². The van der Waals surface area contributed by atoms with Gasteiger partial charge in [0, 0.05) is 0 Å². The molecule has 11 rings (SSSR count). The van der Waals surface area contributed by atoms with Crippen LogP contribution in [0.4, 0.5) is 0 Å². The predicted octanol–water partition coefficient (Wildman–Crippen LogP) is 10.4. The molecule has 0 bridgehead atoms. The minimum Gasteiger partial charge on any atom is -0.0610 e. The molecular formula is C36H16. The van der Waals surface area contributed by atoms with E-state index in [2.05, 4.69) is 97.1 Å². The van der Waals surface area contributed by atoms with Crippen molar-refractivity contribution in [1.82, 2.24) is 0 Å². The second kappa shape index (κ2) is 5.12. The largest absolute Gasteiger partial charge is 0.0610 e. The van der Waals surface area contributed by atoms with Crippen LogP contribution >= 0.6 is 0 Å². The van der Waals surface area contributed by atoms with E-state index < -0.39 is 0 Å². The van der Waals surface area contributed by atoms with Crippen molar-refractivity contribution in [2.75, 3.05) is 0 Å². The topological polar surface area (TPSA) is 0 Å². The molecule has 11 aromatic rings. The Kier molecular flexibility index (Phi) is 2.40. The van der Waals surface area contributed by atoms with Crippen molar-refractivity contribution in [3.63, 3.8) is 0 Å². The fraction of sp³-hybridized carbons (Fsp3) is 0. The average molecular weight is 449 g/mol. The van der Waals surface area contributed by atoms with Gasteiger partial charge in [-0.1, -0.05) is 78.9 Å². The van der Waals surface area contributed by atoms with Gasteiger partial charge < -0.3 is 0 Å². The number of benzene rings is 11. The Bertz CT molecular complexity index is 2660. The molecule has 0 fully saturated rings. The number of rotatable bonds is 0. The van der Waals surface area contributed by atoms with Gasteiger partial charge in [0.2, 0.25) is 0 Å². The highest BCUT2D eigenvalue weighted by atomic mass is 14.3. The van der Waals surface area contributed by atoms with E-state index in [1.165, 1.54) is 108 Å². The van der Waals surface area contributed by atoms with Gasteiger partial charge in [-0.15, -0.1) is 0 Å². The van der Waals surface area contributed by atoms with E-state index in [1.807, 2.05) is 0 Å². The van der Waals surface area contributed by atoms with Gasteiger partial charge in [0.1, 0.15) is 0 Å².